The highest BCUT2D eigenvalue weighted by atomic mass is 19.1. The zero-order valence-corrected chi connectivity index (χ0v) is 20.3. The summed E-state index contributed by atoms with van der Waals surface area (Å²) >= 11 is 0. The van der Waals surface area contributed by atoms with Crippen molar-refractivity contribution in [3.8, 4) is 5.95 Å². The Morgan fingerprint density at radius 3 is 2.78 bits per heavy atom. The number of nitrogens with zero attached hydrogens (tertiary/aromatic N) is 4. The van der Waals surface area contributed by atoms with E-state index in [1.807, 2.05) is 35.8 Å². The molecule has 9 heteroatoms. The lowest BCUT2D eigenvalue weighted by atomic mass is 9.78. The zero-order chi connectivity index (χ0) is 24.8. The van der Waals surface area contributed by atoms with Crippen molar-refractivity contribution >= 4 is 29.3 Å². The normalized spacial score (nSPS) is 17.6. The Labute approximate surface area is 209 Å². The molecular weight excluding hydrogens is 456 g/mol. The Bertz CT molecular complexity index is 1440. The summed E-state index contributed by atoms with van der Waals surface area (Å²) in [6.45, 7) is 4.49. The summed E-state index contributed by atoms with van der Waals surface area (Å²) < 4.78 is 15.8. The predicted octanol–water partition coefficient (Wildman–Crippen LogP) is 3.24. The summed E-state index contributed by atoms with van der Waals surface area (Å²) in [6, 6.07) is 14.3. The van der Waals surface area contributed by atoms with Gasteiger partial charge in [0.1, 0.15) is 11.6 Å². The van der Waals surface area contributed by atoms with Gasteiger partial charge in [0.25, 0.3) is 0 Å². The minimum absolute atomic E-state index is 0.255. The molecule has 0 spiro atoms. The molecule has 1 saturated heterocycles. The highest BCUT2D eigenvalue weighted by Crippen LogP contribution is 2.40. The zero-order valence-electron chi connectivity index (χ0n) is 20.3. The molecule has 2 aromatic carbocycles. The van der Waals surface area contributed by atoms with Crippen molar-refractivity contribution in [3.63, 3.8) is 0 Å². The lowest BCUT2D eigenvalue weighted by Gasteiger charge is -2.40. The number of fused-ring (bicyclic) bond motifs is 4. The van der Waals surface area contributed by atoms with Crippen molar-refractivity contribution < 1.29 is 14.4 Å². The highest BCUT2D eigenvalue weighted by molar-refractivity contribution is 6.61. The second kappa shape index (κ2) is 9.31. The summed E-state index contributed by atoms with van der Waals surface area (Å²) in [4.78, 5) is 12.6. The van der Waals surface area contributed by atoms with Gasteiger partial charge < -0.3 is 15.4 Å². The highest BCUT2D eigenvalue weighted by Gasteiger charge is 2.34. The van der Waals surface area contributed by atoms with Gasteiger partial charge in [-0.3, -0.25) is 9.47 Å². The molecule has 0 bridgehead atoms. The molecule has 0 aliphatic carbocycles. The maximum Gasteiger partial charge on any atom is 0.489 e. The van der Waals surface area contributed by atoms with Crippen molar-refractivity contribution in [3.05, 3.63) is 76.9 Å². The largest absolute Gasteiger partial charge is 0.489 e. The minimum Gasteiger partial charge on any atom is -0.423 e. The van der Waals surface area contributed by atoms with Crippen LogP contribution in [0.1, 0.15) is 47.8 Å². The number of anilines is 1. The Balaban J connectivity index is 1.48. The topological polar surface area (TPSA) is 86.4 Å². The first-order chi connectivity index (χ1) is 17.5. The maximum atomic E-state index is 13.8. The Morgan fingerprint density at radius 1 is 1.08 bits per heavy atom. The van der Waals surface area contributed by atoms with Gasteiger partial charge in [-0.15, -0.1) is 0 Å². The van der Waals surface area contributed by atoms with E-state index in [2.05, 4.69) is 10.2 Å². The van der Waals surface area contributed by atoms with E-state index in [1.165, 1.54) is 18.9 Å². The minimum atomic E-state index is -1.56. The van der Waals surface area contributed by atoms with Crippen LogP contribution < -0.4 is 10.8 Å². The molecule has 3 N–H and O–H groups in total. The third kappa shape index (κ3) is 4.07. The van der Waals surface area contributed by atoms with Gasteiger partial charge in [0, 0.05) is 42.2 Å². The number of aromatic nitrogens is 3. The first-order valence-corrected chi connectivity index (χ1v) is 12.6. The second-order valence-electron chi connectivity index (χ2n) is 9.79. The molecule has 2 aliphatic heterocycles. The molecule has 2 aromatic heterocycles. The molecule has 0 amide bonds. The smallest absolute Gasteiger partial charge is 0.423 e. The van der Waals surface area contributed by atoms with E-state index in [0.717, 1.165) is 65.2 Å². The fourth-order valence-electron chi connectivity index (χ4n) is 5.82. The number of aryl methyl sites for hydroxylation is 1. The first kappa shape index (κ1) is 23.2. The van der Waals surface area contributed by atoms with Crippen LogP contribution in [-0.4, -0.2) is 49.7 Å². The van der Waals surface area contributed by atoms with Crippen LogP contribution in [0.3, 0.4) is 0 Å². The molecule has 1 fully saturated rings. The number of rotatable bonds is 5. The molecule has 1 unspecified atom stereocenters. The van der Waals surface area contributed by atoms with E-state index in [0.29, 0.717) is 18.0 Å². The lowest BCUT2D eigenvalue weighted by molar-refractivity contribution is 0.137. The lowest BCUT2D eigenvalue weighted by Crippen LogP contribution is -2.40. The number of benzene rings is 2. The van der Waals surface area contributed by atoms with Crippen molar-refractivity contribution in [2.24, 2.45) is 0 Å². The molecule has 0 saturated carbocycles. The molecule has 1 atom stereocenters. The monoisotopic (exact) mass is 485 g/mol. The van der Waals surface area contributed by atoms with Gasteiger partial charge in [0.2, 0.25) is 5.95 Å². The van der Waals surface area contributed by atoms with E-state index in [9.17, 15) is 14.4 Å². The van der Waals surface area contributed by atoms with Crippen molar-refractivity contribution in [1.82, 2.24) is 19.4 Å². The number of piperidine rings is 1. The summed E-state index contributed by atoms with van der Waals surface area (Å²) in [6.07, 6.45) is 4.31. The van der Waals surface area contributed by atoms with E-state index in [-0.39, 0.29) is 11.9 Å². The van der Waals surface area contributed by atoms with Crippen LogP contribution in [0.2, 0.25) is 0 Å². The standard InChI is InChI=1S/C27H29BFN5O2/c1-17-14-20-21(28(35)36)8-5-10-23(20)34(17)27-31-22-11-13-33-12-3-2-9-24(33)25(22)26(32-27)30-16-18-6-4-7-19(29)15-18/h4-8,10,14-15,24,35-36H,2-3,9,11-13,16H2,1H3,(H,30,31,32). The molecule has 0 radical (unpaired) electrons. The van der Waals surface area contributed by atoms with Gasteiger partial charge >= 0.3 is 7.12 Å². The van der Waals surface area contributed by atoms with E-state index < -0.39 is 7.12 Å². The van der Waals surface area contributed by atoms with E-state index in [1.54, 1.807) is 18.2 Å². The SMILES string of the molecule is Cc1cc2c(B(O)O)cccc2n1-c1nc2c(c(NCc3cccc(F)c3)n1)C1CCCCN1CC2. The van der Waals surface area contributed by atoms with Crippen molar-refractivity contribution in [2.75, 3.05) is 18.4 Å². The van der Waals surface area contributed by atoms with Crippen LogP contribution >= 0.6 is 0 Å². The van der Waals surface area contributed by atoms with Crippen LogP contribution in [0.5, 0.6) is 0 Å². The predicted molar refractivity (Wildman–Crippen MR) is 139 cm³/mol. The average molecular weight is 485 g/mol. The van der Waals surface area contributed by atoms with Crippen LogP contribution in [0.15, 0.2) is 48.5 Å². The van der Waals surface area contributed by atoms with Gasteiger partial charge in [0.05, 0.1) is 11.2 Å². The number of nitrogens with one attached hydrogen (secondary N) is 1. The molecule has 7 nitrogen and oxygen atoms in total. The van der Waals surface area contributed by atoms with Gasteiger partial charge in [-0.05, 0) is 61.6 Å². The van der Waals surface area contributed by atoms with Crippen LogP contribution in [0.25, 0.3) is 16.9 Å². The third-order valence-electron chi connectivity index (χ3n) is 7.49. The summed E-state index contributed by atoms with van der Waals surface area (Å²) in [5, 5.41) is 24.0. The van der Waals surface area contributed by atoms with Gasteiger partial charge in [-0.1, -0.05) is 30.7 Å². The first-order valence-electron chi connectivity index (χ1n) is 12.6. The Morgan fingerprint density at radius 2 is 1.94 bits per heavy atom. The maximum absolute atomic E-state index is 13.8. The van der Waals surface area contributed by atoms with E-state index >= 15 is 0 Å². The van der Waals surface area contributed by atoms with Crippen LogP contribution in [0, 0.1) is 12.7 Å². The summed E-state index contributed by atoms with van der Waals surface area (Å²) in [7, 11) is -1.56. The van der Waals surface area contributed by atoms with E-state index in [4.69, 9.17) is 9.97 Å². The molecule has 184 valence electrons. The fourth-order valence-corrected chi connectivity index (χ4v) is 5.82. The molecule has 2 aliphatic rings. The molecule has 6 rings (SSSR count). The number of halogens is 1. The molecular formula is C27H29BFN5O2. The number of hydrogen-bond acceptors (Lipinski definition) is 6. The Hall–Kier alpha value is -3.27. The summed E-state index contributed by atoms with van der Waals surface area (Å²) in [5.74, 6) is 1.08. The Kier molecular flexibility index (Phi) is 5.99. The van der Waals surface area contributed by atoms with Crippen LogP contribution in [-0.2, 0) is 13.0 Å². The van der Waals surface area contributed by atoms with Crippen molar-refractivity contribution in [1.29, 1.82) is 0 Å². The average Bonchev–Trinajstić information content (AvgIpc) is 3.22. The van der Waals surface area contributed by atoms with Gasteiger partial charge in [-0.25, -0.2) is 9.37 Å². The molecule has 4 heterocycles. The van der Waals surface area contributed by atoms with Crippen LogP contribution in [0.4, 0.5) is 10.2 Å². The van der Waals surface area contributed by atoms with Crippen molar-refractivity contribution in [2.45, 2.75) is 45.2 Å². The second-order valence-corrected chi connectivity index (χ2v) is 9.79. The quantitative estimate of drug-likeness (QED) is 0.377. The molecule has 4 aromatic rings. The van der Waals surface area contributed by atoms with Gasteiger partial charge in [-0.2, -0.15) is 4.98 Å². The number of hydrogen-bond donors (Lipinski definition) is 3. The van der Waals surface area contributed by atoms with Gasteiger partial charge in [0.15, 0.2) is 0 Å². The summed E-state index contributed by atoms with van der Waals surface area (Å²) in [5.41, 5.74) is 5.23. The third-order valence-corrected chi connectivity index (χ3v) is 7.49. The fraction of sp³-hybridized carbons (Fsp3) is 0.333. The molecule has 36 heavy (non-hydrogen) atoms.